The van der Waals surface area contributed by atoms with E-state index in [1.165, 1.54) is 19.2 Å². The van der Waals surface area contributed by atoms with E-state index >= 15 is 0 Å². The highest BCUT2D eigenvalue weighted by molar-refractivity contribution is 6.06. The zero-order valence-electron chi connectivity index (χ0n) is 24.9. The van der Waals surface area contributed by atoms with Crippen LogP contribution in [0.25, 0.3) is 16.6 Å². The Hall–Kier alpha value is -5.01. The number of ether oxygens (including phenoxy) is 1. The van der Waals surface area contributed by atoms with E-state index in [9.17, 15) is 27.6 Å². The average molecular weight is 634 g/mol. The van der Waals surface area contributed by atoms with Gasteiger partial charge in [-0.2, -0.15) is 23.4 Å². The van der Waals surface area contributed by atoms with Gasteiger partial charge in [-0.1, -0.05) is 19.1 Å². The van der Waals surface area contributed by atoms with Crippen molar-refractivity contribution in [2.45, 2.75) is 57.2 Å². The highest BCUT2D eigenvalue weighted by Crippen LogP contribution is 2.42. The van der Waals surface area contributed by atoms with Gasteiger partial charge in [0, 0.05) is 56.5 Å². The first-order valence-corrected chi connectivity index (χ1v) is 15.1. The number of fused-ring (bicyclic) bond motifs is 1. The van der Waals surface area contributed by atoms with Crippen molar-refractivity contribution >= 4 is 28.7 Å². The first kappa shape index (κ1) is 29.7. The second-order valence-electron chi connectivity index (χ2n) is 11.8. The topological polar surface area (TPSA) is 126 Å². The van der Waals surface area contributed by atoms with Crippen LogP contribution in [-0.4, -0.2) is 72.2 Å². The Labute approximate surface area is 261 Å². The summed E-state index contributed by atoms with van der Waals surface area (Å²) in [5.41, 5.74) is 2.35. The van der Waals surface area contributed by atoms with Crippen LogP contribution in [0.5, 0.6) is 5.75 Å². The number of amides is 2. The van der Waals surface area contributed by atoms with Gasteiger partial charge >= 0.3 is 12.1 Å². The summed E-state index contributed by atoms with van der Waals surface area (Å²) in [6.07, 6.45) is 2.63. The number of esters is 1. The van der Waals surface area contributed by atoms with Gasteiger partial charge in [0.1, 0.15) is 5.69 Å². The summed E-state index contributed by atoms with van der Waals surface area (Å²) >= 11 is 0. The Kier molecular flexibility index (Phi) is 7.17. The summed E-state index contributed by atoms with van der Waals surface area (Å²) < 4.78 is 48.4. The first-order chi connectivity index (χ1) is 22.0. The summed E-state index contributed by atoms with van der Waals surface area (Å²) in [5, 5.41) is 11.1. The summed E-state index contributed by atoms with van der Waals surface area (Å²) in [7, 11) is 0. The van der Waals surface area contributed by atoms with Crippen molar-refractivity contribution in [1.29, 1.82) is 0 Å². The van der Waals surface area contributed by atoms with Gasteiger partial charge in [-0.25, -0.2) is 9.67 Å². The lowest BCUT2D eigenvalue weighted by molar-refractivity contribution is -0.140. The van der Waals surface area contributed by atoms with Crippen LogP contribution in [0.4, 0.5) is 13.2 Å². The number of halogens is 3. The van der Waals surface area contributed by atoms with E-state index in [0.29, 0.717) is 42.4 Å². The molecule has 1 aliphatic carbocycles. The molecule has 3 aromatic heterocycles. The number of carbonyl (C=O) groups is 3. The SMILES string of the molecule is C=CC(=O)N1CCc2nn(-c3ccc(C4CCC4)cc3OC(C)=O)c3c2[C@H](C1)N(C(=O)c1cnc(C(F)(F)F)c2[nH]ncc12)CC3. The maximum Gasteiger partial charge on any atom is 0.435 e. The van der Waals surface area contributed by atoms with Crippen LogP contribution in [0.3, 0.4) is 0 Å². The predicted molar refractivity (Wildman–Crippen MR) is 158 cm³/mol. The number of pyridine rings is 1. The molecule has 3 aliphatic rings. The van der Waals surface area contributed by atoms with E-state index in [0.717, 1.165) is 42.3 Å². The Morgan fingerprint density at radius 2 is 1.93 bits per heavy atom. The quantitative estimate of drug-likeness (QED) is 0.192. The summed E-state index contributed by atoms with van der Waals surface area (Å²) in [4.78, 5) is 45.9. The fraction of sp³-hybridized carbons (Fsp3) is 0.375. The third-order valence-corrected chi connectivity index (χ3v) is 9.19. The molecule has 2 amide bonds. The largest absolute Gasteiger partial charge is 0.435 e. The lowest BCUT2D eigenvalue weighted by Gasteiger charge is -2.38. The lowest BCUT2D eigenvalue weighted by atomic mass is 9.80. The van der Waals surface area contributed by atoms with Crippen molar-refractivity contribution in [3.05, 3.63) is 77.0 Å². The Balaban J connectivity index is 1.33. The van der Waals surface area contributed by atoms with Crippen LogP contribution in [-0.2, 0) is 28.6 Å². The van der Waals surface area contributed by atoms with Crippen molar-refractivity contribution in [3.8, 4) is 11.4 Å². The molecule has 238 valence electrons. The molecule has 0 radical (unpaired) electrons. The van der Waals surface area contributed by atoms with Crippen LogP contribution in [0.1, 0.15) is 76.7 Å². The molecule has 1 saturated carbocycles. The molecule has 0 spiro atoms. The molecule has 5 heterocycles. The van der Waals surface area contributed by atoms with E-state index in [1.54, 1.807) is 14.5 Å². The monoisotopic (exact) mass is 633 g/mol. The van der Waals surface area contributed by atoms with E-state index in [4.69, 9.17) is 9.84 Å². The second kappa shape index (κ2) is 11.1. The number of H-pyrrole nitrogens is 1. The lowest BCUT2D eigenvalue weighted by Crippen LogP contribution is -2.46. The molecule has 0 unspecified atom stereocenters. The molecule has 1 aromatic carbocycles. The number of hydrogen-bond donors (Lipinski definition) is 1. The van der Waals surface area contributed by atoms with Crippen molar-refractivity contribution < 1.29 is 32.3 Å². The predicted octanol–water partition coefficient (Wildman–Crippen LogP) is 4.67. The van der Waals surface area contributed by atoms with Crippen molar-refractivity contribution in [3.63, 3.8) is 0 Å². The number of benzene rings is 1. The molecule has 1 atom stereocenters. The molecular weight excluding hydrogens is 603 g/mol. The van der Waals surface area contributed by atoms with Gasteiger partial charge in [0.2, 0.25) is 5.91 Å². The molecule has 0 saturated heterocycles. The number of nitrogens with zero attached hydrogens (tertiary/aromatic N) is 6. The molecular formula is C32H30F3N7O4. The number of hydrogen-bond acceptors (Lipinski definition) is 7. The third-order valence-electron chi connectivity index (χ3n) is 9.19. The van der Waals surface area contributed by atoms with Gasteiger partial charge in [0.15, 0.2) is 11.4 Å². The van der Waals surface area contributed by atoms with Gasteiger partial charge in [0.25, 0.3) is 5.91 Å². The Morgan fingerprint density at radius 1 is 1.13 bits per heavy atom. The van der Waals surface area contributed by atoms with Crippen LogP contribution in [0.15, 0.2) is 43.2 Å². The molecule has 1 N–H and O–H groups in total. The summed E-state index contributed by atoms with van der Waals surface area (Å²) in [5.74, 6) is -0.509. The minimum absolute atomic E-state index is 0.000683. The number of alkyl halides is 3. The van der Waals surface area contributed by atoms with Crippen molar-refractivity contribution in [2.75, 3.05) is 19.6 Å². The van der Waals surface area contributed by atoms with Crippen LogP contribution >= 0.6 is 0 Å². The van der Waals surface area contributed by atoms with E-state index in [1.807, 2.05) is 18.2 Å². The second-order valence-corrected chi connectivity index (χ2v) is 11.8. The molecule has 7 rings (SSSR count). The standard InChI is InChI=1S/C32H30F3N7O4/c1-3-27(44)40-11-9-22-28-24(42(39-22)23-8-7-19(18-5-4-6-18)13-26(23)46-17(2)43)10-12-41(25(28)16-40)31(45)21-14-36-30(32(33,34)35)29-20(21)15-37-38-29/h3,7-8,13-15,18,25H,1,4-6,9-12,16H2,2H3,(H,37,38)/t25-/m0/s1. The highest BCUT2D eigenvalue weighted by Gasteiger charge is 2.42. The third kappa shape index (κ3) is 4.92. The highest BCUT2D eigenvalue weighted by atomic mass is 19.4. The molecule has 14 heteroatoms. The summed E-state index contributed by atoms with van der Waals surface area (Å²) in [6, 6.07) is 5.16. The van der Waals surface area contributed by atoms with Crippen LogP contribution in [0.2, 0.25) is 0 Å². The Morgan fingerprint density at radius 3 is 2.63 bits per heavy atom. The average Bonchev–Trinajstić information content (AvgIpc) is 3.57. The minimum Gasteiger partial charge on any atom is -0.424 e. The smallest absolute Gasteiger partial charge is 0.424 e. The zero-order valence-corrected chi connectivity index (χ0v) is 24.9. The number of aromatic amines is 1. The van der Waals surface area contributed by atoms with Gasteiger partial charge in [-0.15, -0.1) is 0 Å². The minimum atomic E-state index is -4.75. The maximum absolute atomic E-state index is 14.2. The van der Waals surface area contributed by atoms with Gasteiger partial charge < -0.3 is 14.5 Å². The number of nitrogens with one attached hydrogen (secondary N) is 1. The normalized spacial score (nSPS) is 18.1. The van der Waals surface area contributed by atoms with Gasteiger partial charge in [-0.05, 0) is 42.5 Å². The van der Waals surface area contributed by atoms with Crippen molar-refractivity contribution in [1.82, 2.24) is 34.8 Å². The zero-order chi connectivity index (χ0) is 32.3. The molecule has 11 nitrogen and oxygen atoms in total. The molecule has 0 bridgehead atoms. The fourth-order valence-electron chi connectivity index (χ4n) is 6.78. The number of rotatable bonds is 5. The molecule has 46 heavy (non-hydrogen) atoms. The van der Waals surface area contributed by atoms with Crippen LogP contribution < -0.4 is 4.74 Å². The van der Waals surface area contributed by atoms with Gasteiger partial charge in [0.05, 0.1) is 34.7 Å². The van der Waals surface area contributed by atoms with E-state index < -0.39 is 29.8 Å². The molecule has 1 fully saturated rings. The first-order valence-electron chi connectivity index (χ1n) is 15.1. The van der Waals surface area contributed by atoms with E-state index in [2.05, 4.69) is 21.8 Å². The van der Waals surface area contributed by atoms with Gasteiger partial charge in [-0.3, -0.25) is 19.5 Å². The summed E-state index contributed by atoms with van der Waals surface area (Å²) in [6.45, 7) is 5.59. The fourth-order valence-corrected chi connectivity index (χ4v) is 6.78. The number of aromatic nitrogens is 5. The Bertz CT molecular complexity index is 1910. The van der Waals surface area contributed by atoms with E-state index in [-0.39, 0.29) is 35.5 Å². The molecule has 4 aromatic rings. The van der Waals surface area contributed by atoms with Crippen LogP contribution in [0, 0.1) is 0 Å². The maximum atomic E-state index is 14.2. The molecule has 2 aliphatic heterocycles. The van der Waals surface area contributed by atoms with Crippen molar-refractivity contribution in [2.24, 2.45) is 0 Å². The number of carbonyl (C=O) groups excluding carboxylic acids is 3.